The number of allylic oxidation sites excluding steroid dienone is 3. The molecule has 2 N–H and O–H groups in total. The Morgan fingerprint density at radius 3 is 2.87 bits per heavy atom. The highest BCUT2D eigenvalue weighted by Gasteiger charge is 2.32. The Morgan fingerprint density at radius 2 is 2.13 bits per heavy atom. The number of aliphatic hydroxyl groups excluding tert-OH is 1. The molecule has 0 aromatic carbocycles. The van der Waals surface area contributed by atoms with E-state index in [0.717, 1.165) is 64.4 Å². The molecule has 5 heteroatoms. The molecule has 0 amide bonds. The molecule has 168 valence electrons. The molecule has 1 heterocycles. The molecule has 0 aromatic rings. The molecule has 0 spiro atoms. The fraction of sp³-hybridized carbons (Fsp3) is 0.720. The van der Waals surface area contributed by atoms with Gasteiger partial charge in [-0.05, 0) is 76.5 Å². The molecule has 0 aromatic heterocycles. The Kier molecular flexibility index (Phi) is 11.8. The number of carboxylic acids is 1. The fourth-order valence-electron chi connectivity index (χ4n) is 4.22. The monoisotopic (exact) mass is 418 g/mol. The van der Waals surface area contributed by atoms with Crippen LogP contribution in [0.15, 0.2) is 24.3 Å². The summed E-state index contributed by atoms with van der Waals surface area (Å²) in [5.41, 5.74) is 0. The lowest BCUT2D eigenvalue weighted by Gasteiger charge is -2.26. The van der Waals surface area contributed by atoms with Gasteiger partial charge in [-0.2, -0.15) is 0 Å². The van der Waals surface area contributed by atoms with Crippen molar-refractivity contribution in [2.45, 2.75) is 96.1 Å². The zero-order valence-electron chi connectivity index (χ0n) is 18.3. The van der Waals surface area contributed by atoms with E-state index in [0.29, 0.717) is 12.3 Å². The summed E-state index contributed by atoms with van der Waals surface area (Å²) in [7, 11) is 0. The quantitative estimate of drug-likeness (QED) is 0.269. The van der Waals surface area contributed by atoms with Crippen molar-refractivity contribution in [3.05, 3.63) is 24.3 Å². The normalized spacial score (nSPS) is 27.9. The highest BCUT2D eigenvalue weighted by atomic mass is 16.7. The first kappa shape index (κ1) is 24.7. The van der Waals surface area contributed by atoms with Gasteiger partial charge in [-0.15, -0.1) is 11.8 Å². The van der Waals surface area contributed by atoms with Crippen LogP contribution >= 0.6 is 0 Å². The lowest BCUT2D eigenvalue weighted by atomic mass is 9.90. The summed E-state index contributed by atoms with van der Waals surface area (Å²) in [6.07, 6.45) is 17.2. The van der Waals surface area contributed by atoms with Crippen LogP contribution in [0.25, 0.3) is 0 Å². The SMILES string of the molecule is CC#CCC[C@@H](C=C[C@H]1CC[C@H](O)[C@@H]1CC=CCCCC(=O)O)OC1CCCCO1. The lowest BCUT2D eigenvalue weighted by molar-refractivity contribution is -0.179. The number of carboxylic acid groups (broad SMARTS) is 1. The molecule has 2 rings (SSSR count). The minimum absolute atomic E-state index is 0.0149. The second-order valence-corrected chi connectivity index (χ2v) is 8.29. The molecule has 1 saturated carbocycles. The predicted octanol–water partition coefficient (Wildman–Crippen LogP) is 4.85. The van der Waals surface area contributed by atoms with E-state index >= 15 is 0 Å². The van der Waals surface area contributed by atoms with Crippen LogP contribution in [0.1, 0.15) is 77.6 Å². The van der Waals surface area contributed by atoms with Crippen LogP contribution in [0.2, 0.25) is 0 Å². The molecular formula is C25H38O5. The molecule has 0 radical (unpaired) electrons. The third kappa shape index (κ3) is 9.47. The molecule has 1 aliphatic heterocycles. The zero-order valence-corrected chi connectivity index (χ0v) is 18.3. The Labute approximate surface area is 181 Å². The maximum atomic E-state index is 10.6. The smallest absolute Gasteiger partial charge is 0.303 e. The van der Waals surface area contributed by atoms with Crippen LogP contribution in [0.3, 0.4) is 0 Å². The average molecular weight is 419 g/mol. The largest absolute Gasteiger partial charge is 0.481 e. The number of unbranched alkanes of at least 4 members (excludes halogenated alkanes) is 1. The molecule has 2 fully saturated rings. The van der Waals surface area contributed by atoms with Gasteiger partial charge in [-0.25, -0.2) is 0 Å². The van der Waals surface area contributed by atoms with Gasteiger partial charge in [0.2, 0.25) is 0 Å². The van der Waals surface area contributed by atoms with E-state index in [2.05, 4.69) is 30.1 Å². The second kappa shape index (κ2) is 14.4. The predicted molar refractivity (Wildman–Crippen MR) is 118 cm³/mol. The van der Waals surface area contributed by atoms with Crippen LogP contribution in [0.4, 0.5) is 0 Å². The van der Waals surface area contributed by atoms with E-state index < -0.39 is 5.97 Å². The summed E-state index contributed by atoms with van der Waals surface area (Å²) < 4.78 is 12.0. The number of aliphatic hydroxyl groups is 1. The topological polar surface area (TPSA) is 76.0 Å². The van der Waals surface area contributed by atoms with Gasteiger partial charge < -0.3 is 19.7 Å². The summed E-state index contributed by atoms with van der Waals surface area (Å²) >= 11 is 0. The Balaban J connectivity index is 1.87. The van der Waals surface area contributed by atoms with Crippen LogP contribution in [0, 0.1) is 23.7 Å². The Bertz CT molecular complexity index is 609. The van der Waals surface area contributed by atoms with Crippen molar-refractivity contribution >= 4 is 5.97 Å². The minimum Gasteiger partial charge on any atom is -0.481 e. The van der Waals surface area contributed by atoms with Crippen molar-refractivity contribution in [2.75, 3.05) is 6.61 Å². The molecule has 2 aliphatic rings. The van der Waals surface area contributed by atoms with Gasteiger partial charge >= 0.3 is 5.97 Å². The number of hydrogen-bond acceptors (Lipinski definition) is 4. The molecule has 1 saturated heterocycles. The third-order valence-corrected chi connectivity index (χ3v) is 5.94. The first-order valence-electron chi connectivity index (χ1n) is 11.5. The van der Waals surface area contributed by atoms with E-state index in [9.17, 15) is 9.90 Å². The van der Waals surface area contributed by atoms with Crippen molar-refractivity contribution in [2.24, 2.45) is 11.8 Å². The van der Waals surface area contributed by atoms with Crippen molar-refractivity contribution in [1.82, 2.24) is 0 Å². The second-order valence-electron chi connectivity index (χ2n) is 8.29. The standard InChI is InChI=1S/C25H38O5/c1-2-3-6-11-21(30-25-14-9-10-19-29-25)17-15-20-16-18-23(26)22(20)12-7-4-5-8-13-24(27)28/h4,7,15,17,20-23,25-26H,5-6,8-14,16,18-19H2,1H3,(H,27,28)/t20-,21-,22+,23-,25?/m0/s1. The van der Waals surface area contributed by atoms with Crippen molar-refractivity contribution < 1.29 is 24.5 Å². The van der Waals surface area contributed by atoms with Gasteiger partial charge in [0.15, 0.2) is 6.29 Å². The van der Waals surface area contributed by atoms with Gasteiger partial charge in [0.1, 0.15) is 0 Å². The summed E-state index contributed by atoms with van der Waals surface area (Å²) in [5, 5.41) is 19.1. The van der Waals surface area contributed by atoms with Gasteiger partial charge in [0.05, 0.1) is 12.2 Å². The Morgan fingerprint density at radius 1 is 1.27 bits per heavy atom. The highest BCUT2D eigenvalue weighted by molar-refractivity contribution is 5.66. The summed E-state index contributed by atoms with van der Waals surface area (Å²) in [6, 6.07) is 0. The number of hydrogen-bond donors (Lipinski definition) is 2. The minimum atomic E-state index is -0.750. The number of ether oxygens (including phenoxy) is 2. The fourth-order valence-corrected chi connectivity index (χ4v) is 4.22. The van der Waals surface area contributed by atoms with Crippen molar-refractivity contribution in [3.63, 3.8) is 0 Å². The van der Waals surface area contributed by atoms with Gasteiger partial charge in [0.25, 0.3) is 0 Å². The molecule has 1 aliphatic carbocycles. The van der Waals surface area contributed by atoms with Crippen LogP contribution < -0.4 is 0 Å². The molecule has 5 atom stereocenters. The summed E-state index contributed by atoms with van der Waals surface area (Å²) in [6.45, 7) is 2.63. The molecular weight excluding hydrogens is 380 g/mol. The van der Waals surface area contributed by atoms with Gasteiger partial charge in [-0.3, -0.25) is 4.79 Å². The molecule has 0 bridgehead atoms. The van der Waals surface area contributed by atoms with E-state index in [1.807, 2.05) is 13.0 Å². The van der Waals surface area contributed by atoms with Crippen molar-refractivity contribution in [3.8, 4) is 11.8 Å². The Hall–Kier alpha value is -1.61. The van der Waals surface area contributed by atoms with E-state index in [1.54, 1.807) is 0 Å². The number of aliphatic carboxylic acids is 1. The lowest BCUT2D eigenvalue weighted by Crippen LogP contribution is -2.27. The van der Waals surface area contributed by atoms with Crippen LogP contribution in [0.5, 0.6) is 0 Å². The first-order chi connectivity index (χ1) is 14.6. The van der Waals surface area contributed by atoms with Crippen LogP contribution in [-0.4, -0.2) is 41.3 Å². The molecule has 30 heavy (non-hydrogen) atoms. The third-order valence-electron chi connectivity index (χ3n) is 5.94. The number of carbonyl (C=O) groups is 1. The van der Waals surface area contributed by atoms with E-state index in [-0.39, 0.29) is 30.8 Å². The summed E-state index contributed by atoms with van der Waals surface area (Å²) in [4.78, 5) is 10.6. The maximum absolute atomic E-state index is 10.6. The highest BCUT2D eigenvalue weighted by Crippen LogP contribution is 2.36. The van der Waals surface area contributed by atoms with E-state index in [4.69, 9.17) is 14.6 Å². The van der Waals surface area contributed by atoms with Gasteiger partial charge in [-0.1, -0.05) is 24.3 Å². The first-order valence-corrected chi connectivity index (χ1v) is 11.5. The zero-order chi connectivity index (χ0) is 21.6. The summed E-state index contributed by atoms with van der Waals surface area (Å²) in [5.74, 6) is 5.86. The molecule has 5 nitrogen and oxygen atoms in total. The van der Waals surface area contributed by atoms with Crippen LogP contribution in [-0.2, 0) is 14.3 Å². The van der Waals surface area contributed by atoms with Gasteiger partial charge in [0, 0.05) is 19.4 Å². The van der Waals surface area contributed by atoms with Crippen molar-refractivity contribution in [1.29, 1.82) is 0 Å². The average Bonchev–Trinajstić information content (AvgIpc) is 3.09. The maximum Gasteiger partial charge on any atom is 0.303 e. The number of rotatable bonds is 12. The van der Waals surface area contributed by atoms with E-state index in [1.165, 1.54) is 0 Å². The molecule has 1 unspecified atom stereocenters.